The molecule has 0 aliphatic carbocycles. The van der Waals surface area contributed by atoms with Crippen molar-refractivity contribution >= 4 is 46.4 Å². The van der Waals surface area contributed by atoms with Crippen LogP contribution in [0.15, 0.2) is 71.7 Å². The van der Waals surface area contributed by atoms with Gasteiger partial charge in [-0.05, 0) is 66.7 Å². The number of rotatable bonds is 4. The van der Waals surface area contributed by atoms with E-state index in [1.165, 1.54) is 42.5 Å². The summed E-state index contributed by atoms with van der Waals surface area (Å²) in [4.78, 5) is 16.8. The number of amides is 1. The lowest BCUT2D eigenvalue weighted by Gasteiger charge is -2.28. The van der Waals surface area contributed by atoms with Crippen molar-refractivity contribution in [2.75, 3.05) is 10.3 Å². The van der Waals surface area contributed by atoms with Gasteiger partial charge in [0.25, 0.3) is 5.91 Å². The Morgan fingerprint density at radius 3 is 2.24 bits per heavy atom. The normalized spacial score (nSPS) is 18.1. The molecule has 1 heterocycles. The van der Waals surface area contributed by atoms with Gasteiger partial charge in [-0.1, -0.05) is 23.2 Å². The standard InChI is InChI=1S/C24H18Cl2F5N5O/c25-14-3-1-13(2-4-14)22(37)34-23(32-18-10-15(26)9-17(28)11-18)33-21-12-20(24(29,30)31)35-36(21)19-7-5-16(27)6-8-19/h1-11,20-21,35H,12H2,(H2,32,33,34,37). The zero-order valence-electron chi connectivity index (χ0n) is 18.7. The average molecular weight is 558 g/mol. The minimum atomic E-state index is -4.60. The summed E-state index contributed by atoms with van der Waals surface area (Å²) in [6.07, 6.45) is -6.21. The summed E-state index contributed by atoms with van der Waals surface area (Å²) in [7, 11) is 0. The highest BCUT2D eigenvalue weighted by Crippen LogP contribution is 2.31. The van der Waals surface area contributed by atoms with Crippen molar-refractivity contribution in [1.82, 2.24) is 10.7 Å². The molecule has 0 aromatic heterocycles. The highest BCUT2D eigenvalue weighted by Gasteiger charge is 2.48. The number of carbonyl (C=O) groups is 1. The number of hydrogen-bond acceptors (Lipinski definition) is 3. The third kappa shape index (κ3) is 6.88. The predicted molar refractivity (Wildman–Crippen MR) is 132 cm³/mol. The van der Waals surface area contributed by atoms with Gasteiger partial charge in [0.15, 0.2) is 0 Å². The Balaban J connectivity index is 1.68. The molecule has 3 N–H and O–H groups in total. The number of nitrogens with one attached hydrogen (secondary N) is 3. The summed E-state index contributed by atoms with van der Waals surface area (Å²) in [6, 6.07) is 12.1. The minimum absolute atomic E-state index is 0.0403. The lowest BCUT2D eigenvalue weighted by Crippen LogP contribution is -2.51. The van der Waals surface area contributed by atoms with Gasteiger partial charge >= 0.3 is 6.18 Å². The van der Waals surface area contributed by atoms with E-state index in [9.17, 15) is 26.7 Å². The molecule has 3 aromatic rings. The summed E-state index contributed by atoms with van der Waals surface area (Å²) in [5.41, 5.74) is 2.82. The maximum atomic E-state index is 13.9. The van der Waals surface area contributed by atoms with Crippen molar-refractivity contribution in [3.05, 3.63) is 94.0 Å². The van der Waals surface area contributed by atoms with E-state index in [2.05, 4.69) is 21.1 Å². The van der Waals surface area contributed by atoms with Gasteiger partial charge < -0.3 is 10.6 Å². The van der Waals surface area contributed by atoms with Crippen LogP contribution in [0.25, 0.3) is 0 Å². The second kappa shape index (κ2) is 10.9. The lowest BCUT2D eigenvalue weighted by molar-refractivity contribution is -0.152. The summed E-state index contributed by atoms with van der Waals surface area (Å²) in [5.74, 6) is -2.28. The van der Waals surface area contributed by atoms with Crippen LogP contribution in [0.3, 0.4) is 0 Å². The van der Waals surface area contributed by atoms with Gasteiger partial charge in [0.2, 0.25) is 5.96 Å². The summed E-state index contributed by atoms with van der Waals surface area (Å²) < 4.78 is 68.1. The van der Waals surface area contributed by atoms with E-state index >= 15 is 0 Å². The molecule has 1 aliphatic heterocycles. The second-order valence-electron chi connectivity index (χ2n) is 8.02. The molecule has 2 unspecified atom stereocenters. The first kappa shape index (κ1) is 26.6. The topological polar surface area (TPSA) is 68.8 Å². The third-order valence-electron chi connectivity index (χ3n) is 5.30. The molecule has 0 spiro atoms. The van der Waals surface area contributed by atoms with Crippen LogP contribution in [0.2, 0.25) is 10.0 Å². The summed E-state index contributed by atoms with van der Waals surface area (Å²) in [5, 5.41) is 7.06. The Morgan fingerprint density at radius 1 is 0.946 bits per heavy atom. The van der Waals surface area contributed by atoms with Crippen LogP contribution in [0.5, 0.6) is 0 Å². The molecule has 13 heteroatoms. The van der Waals surface area contributed by atoms with Gasteiger partial charge in [-0.2, -0.15) is 18.2 Å². The smallest absolute Gasteiger partial charge is 0.334 e. The number of carbonyl (C=O) groups excluding carboxylic acids is 1. The number of anilines is 2. The SMILES string of the molecule is O=C(/N=C(/Nc1cc(F)cc(Cl)c1)NC1CC(C(F)(F)F)NN1c1ccc(F)cc1)c1ccc(Cl)cc1. The van der Waals surface area contributed by atoms with E-state index in [4.69, 9.17) is 23.2 Å². The molecule has 0 bridgehead atoms. The Bertz CT molecular complexity index is 1280. The molecule has 0 radical (unpaired) electrons. The highest BCUT2D eigenvalue weighted by atomic mass is 35.5. The molecule has 194 valence electrons. The van der Waals surface area contributed by atoms with Crippen molar-refractivity contribution < 1.29 is 26.7 Å². The van der Waals surface area contributed by atoms with E-state index in [1.807, 2.05) is 0 Å². The fourth-order valence-corrected chi connectivity index (χ4v) is 3.95. The van der Waals surface area contributed by atoms with Crippen LogP contribution in [-0.2, 0) is 0 Å². The van der Waals surface area contributed by atoms with Crippen LogP contribution in [0.1, 0.15) is 16.8 Å². The minimum Gasteiger partial charge on any atom is -0.334 e. The quantitative estimate of drug-likeness (QED) is 0.204. The number of halogens is 7. The number of benzene rings is 3. The Labute approximate surface area is 218 Å². The number of aliphatic imine (C=N–C) groups is 1. The number of nitrogens with zero attached hydrogens (tertiary/aromatic N) is 2. The number of hydrogen-bond donors (Lipinski definition) is 3. The van der Waals surface area contributed by atoms with Gasteiger partial charge in [-0.15, -0.1) is 0 Å². The molecular weight excluding hydrogens is 540 g/mol. The van der Waals surface area contributed by atoms with Crippen molar-refractivity contribution in [3.63, 3.8) is 0 Å². The Morgan fingerprint density at radius 2 is 1.62 bits per heavy atom. The second-order valence-corrected chi connectivity index (χ2v) is 8.89. The molecule has 0 saturated carbocycles. The fourth-order valence-electron chi connectivity index (χ4n) is 3.60. The van der Waals surface area contributed by atoms with Crippen LogP contribution >= 0.6 is 23.2 Å². The van der Waals surface area contributed by atoms with Gasteiger partial charge in [0.05, 0.1) is 5.69 Å². The van der Waals surface area contributed by atoms with Crippen LogP contribution in [-0.4, -0.2) is 30.3 Å². The van der Waals surface area contributed by atoms with Crippen LogP contribution in [0, 0.1) is 11.6 Å². The van der Waals surface area contributed by atoms with Crippen LogP contribution < -0.4 is 21.1 Å². The van der Waals surface area contributed by atoms with Crippen molar-refractivity contribution in [2.24, 2.45) is 4.99 Å². The van der Waals surface area contributed by atoms with Gasteiger partial charge in [0.1, 0.15) is 23.8 Å². The molecule has 1 aliphatic rings. The predicted octanol–water partition coefficient (Wildman–Crippen LogP) is 6.14. The van der Waals surface area contributed by atoms with E-state index in [0.29, 0.717) is 5.02 Å². The number of guanidine groups is 1. The molecule has 6 nitrogen and oxygen atoms in total. The van der Waals surface area contributed by atoms with E-state index in [0.717, 1.165) is 29.3 Å². The summed E-state index contributed by atoms with van der Waals surface area (Å²) in [6.45, 7) is 0. The fraction of sp³-hybridized carbons (Fsp3) is 0.167. The monoisotopic (exact) mass is 557 g/mol. The van der Waals surface area contributed by atoms with E-state index in [1.54, 1.807) is 0 Å². The first-order valence-corrected chi connectivity index (χ1v) is 11.5. The van der Waals surface area contributed by atoms with Crippen molar-refractivity contribution in [2.45, 2.75) is 24.8 Å². The molecule has 1 fully saturated rings. The van der Waals surface area contributed by atoms with Gasteiger partial charge in [-0.3, -0.25) is 9.80 Å². The first-order chi connectivity index (χ1) is 17.5. The molecule has 1 saturated heterocycles. The van der Waals surface area contributed by atoms with E-state index in [-0.39, 0.29) is 27.9 Å². The zero-order valence-corrected chi connectivity index (χ0v) is 20.2. The molecule has 2 atom stereocenters. The highest BCUT2D eigenvalue weighted by molar-refractivity contribution is 6.31. The maximum absolute atomic E-state index is 13.9. The maximum Gasteiger partial charge on any atom is 0.405 e. The van der Waals surface area contributed by atoms with Gasteiger partial charge in [0, 0.05) is 27.7 Å². The van der Waals surface area contributed by atoms with Gasteiger partial charge in [-0.25, -0.2) is 14.2 Å². The molecule has 37 heavy (non-hydrogen) atoms. The number of hydrazine groups is 1. The Hall–Kier alpha value is -3.41. The zero-order chi connectivity index (χ0) is 26.7. The third-order valence-corrected chi connectivity index (χ3v) is 5.77. The Kier molecular flexibility index (Phi) is 7.86. The molecular formula is C24H18Cl2F5N5O. The largest absolute Gasteiger partial charge is 0.405 e. The van der Waals surface area contributed by atoms with Crippen molar-refractivity contribution in [1.29, 1.82) is 0 Å². The lowest BCUT2D eigenvalue weighted by atomic mass is 10.2. The molecule has 3 aromatic carbocycles. The first-order valence-electron chi connectivity index (χ1n) is 10.7. The molecule has 4 rings (SSSR count). The van der Waals surface area contributed by atoms with Crippen molar-refractivity contribution in [3.8, 4) is 0 Å². The van der Waals surface area contributed by atoms with E-state index < -0.39 is 42.3 Å². The van der Waals surface area contributed by atoms with Crippen LogP contribution in [0.4, 0.5) is 33.3 Å². The summed E-state index contributed by atoms with van der Waals surface area (Å²) >= 11 is 11.8. The average Bonchev–Trinajstić information content (AvgIpc) is 3.23. The number of alkyl halides is 3. The molecule has 1 amide bonds.